The predicted octanol–water partition coefficient (Wildman–Crippen LogP) is 1.79. The Labute approximate surface area is 136 Å². The summed E-state index contributed by atoms with van der Waals surface area (Å²) in [6.45, 7) is 18.5. The van der Waals surface area contributed by atoms with Gasteiger partial charge in [-0.2, -0.15) is 0 Å². The largest absolute Gasteiger partial charge is 0.379 e. The lowest BCUT2D eigenvalue weighted by Gasteiger charge is -2.62. The Morgan fingerprint density at radius 2 is 2.05 bits per heavy atom. The second kappa shape index (κ2) is 6.36. The zero-order chi connectivity index (χ0) is 16.5. The molecule has 5 heteroatoms. The highest BCUT2D eigenvalue weighted by molar-refractivity contribution is 5.82. The third-order valence-corrected chi connectivity index (χ3v) is 5.89. The van der Waals surface area contributed by atoms with Crippen LogP contribution in [0.1, 0.15) is 41.5 Å². The van der Waals surface area contributed by atoms with Crippen LogP contribution in [0.3, 0.4) is 0 Å². The minimum Gasteiger partial charge on any atom is -0.379 e. The Morgan fingerprint density at radius 3 is 2.55 bits per heavy atom. The summed E-state index contributed by atoms with van der Waals surface area (Å²) in [5, 5.41) is 3.58. The second-order valence-corrected chi connectivity index (χ2v) is 7.97. The van der Waals surface area contributed by atoms with Crippen LogP contribution >= 0.6 is 0 Å². The van der Waals surface area contributed by atoms with Crippen molar-refractivity contribution >= 4 is 5.96 Å². The van der Waals surface area contributed by atoms with E-state index in [-0.39, 0.29) is 5.54 Å². The highest BCUT2D eigenvalue weighted by Gasteiger charge is 2.53. The van der Waals surface area contributed by atoms with Gasteiger partial charge in [0.1, 0.15) is 0 Å². The highest BCUT2D eigenvalue weighted by Crippen LogP contribution is 2.46. The first-order valence-corrected chi connectivity index (χ1v) is 8.52. The van der Waals surface area contributed by atoms with Crippen LogP contribution in [0.25, 0.3) is 0 Å². The smallest absolute Gasteiger partial charge is 0.194 e. The number of likely N-dealkylation sites (tertiary alicyclic amines) is 1. The second-order valence-electron chi connectivity index (χ2n) is 7.97. The Kier molecular flexibility index (Phi) is 5.07. The number of rotatable bonds is 3. The molecule has 2 saturated heterocycles. The zero-order valence-corrected chi connectivity index (χ0v) is 15.4. The van der Waals surface area contributed by atoms with E-state index in [1.165, 1.54) is 0 Å². The standard InChI is InChI=1S/C17H34N4O/c1-13(20-8-9-22-11-14(20)2)10-19-15(18-7)21-12-16(3,4)17(21,5)6/h13-14H,8-12H2,1-7H3,(H,18,19). The molecule has 5 nitrogen and oxygen atoms in total. The molecule has 0 aromatic heterocycles. The summed E-state index contributed by atoms with van der Waals surface area (Å²) in [6.07, 6.45) is 0. The quantitative estimate of drug-likeness (QED) is 0.637. The summed E-state index contributed by atoms with van der Waals surface area (Å²) in [5.74, 6) is 1.03. The minimum absolute atomic E-state index is 0.143. The average molecular weight is 310 g/mol. The van der Waals surface area contributed by atoms with Crippen molar-refractivity contribution in [1.82, 2.24) is 15.1 Å². The highest BCUT2D eigenvalue weighted by atomic mass is 16.5. The maximum absolute atomic E-state index is 5.53. The number of nitrogens with one attached hydrogen (secondary N) is 1. The van der Waals surface area contributed by atoms with Gasteiger partial charge in [-0.05, 0) is 27.7 Å². The monoisotopic (exact) mass is 310 g/mol. The van der Waals surface area contributed by atoms with E-state index in [4.69, 9.17) is 4.74 Å². The van der Waals surface area contributed by atoms with Gasteiger partial charge in [-0.25, -0.2) is 0 Å². The fourth-order valence-corrected chi connectivity index (χ4v) is 3.45. The molecule has 0 saturated carbocycles. The van der Waals surface area contributed by atoms with Crippen molar-refractivity contribution in [3.05, 3.63) is 0 Å². The maximum atomic E-state index is 5.53. The van der Waals surface area contributed by atoms with E-state index in [0.717, 1.165) is 38.8 Å². The molecule has 2 heterocycles. The maximum Gasteiger partial charge on any atom is 0.194 e. The van der Waals surface area contributed by atoms with Gasteiger partial charge in [-0.15, -0.1) is 0 Å². The van der Waals surface area contributed by atoms with Crippen LogP contribution in [0, 0.1) is 5.41 Å². The van der Waals surface area contributed by atoms with Gasteiger partial charge in [0.2, 0.25) is 0 Å². The van der Waals surface area contributed by atoms with E-state index >= 15 is 0 Å². The number of guanidine groups is 1. The Morgan fingerprint density at radius 1 is 1.36 bits per heavy atom. The minimum atomic E-state index is 0.143. The van der Waals surface area contributed by atoms with Gasteiger partial charge in [0, 0.05) is 49.7 Å². The molecule has 2 atom stereocenters. The summed E-state index contributed by atoms with van der Waals surface area (Å²) in [4.78, 5) is 9.41. The molecule has 128 valence electrons. The molecule has 2 fully saturated rings. The lowest BCUT2D eigenvalue weighted by molar-refractivity contribution is -0.0672. The lowest BCUT2D eigenvalue weighted by Crippen LogP contribution is -2.72. The first-order chi connectivity index (χ1) is 10.2. The Balaban J connectivity index is 1.90. The van der Waals surface area contributed by atoms with Gasteiger partial charge in [0.05, 0.1) is 13.2 Å². The topological polar surface area (TPSA) is 40.1 Å². The summed E-state index contributed by atoms with van der Waals surface area (Å²) >= 11 is 0. The average Bonchev–Trinajstić information content (AvgIpc) is 2.46. The van der Waals surface area contributed by atoms with Crippen molar-refractivity contribution in [2.45, 2.75) is 59.2 Å². The summed E-state index contributed by atoms with van der Waals surface area (Å²) in [5.41, 5.74) is 0.472. The molecule has 0 amide bonds. The van der Waals surface area contributed by atoms with Crippen molar-refractivity contribution in [3.63, 3.8) is 0 Å². The van der Waals surface area contributed by atoms with E-state index in [1.54, 1.807) is 0 Å². The number of ether oxygens (including phenoxy) is 1. The molecule has 0 aromatic rings. The molecule has 1 N–H and O–H groups in total. The van der Waals surface area contributed by atoms with Crippen LogP contribution in [0.15, 0.2) is 4.99 Å². The van der Waals surface area contributed by atoms with Crippen molar-refractivity contribution in [2.75, 3.05) is 39.9 Å². The normalized spacial score (nSPS) is 29.9. The number of hydrogen-bond donors (Lipinski definition) is 1. The Bertz CT molecular complexity index is 419. The van der Waals surface area contributed by atoms with Crippen LogP contribution in [0.2, 0.25) is 0 Å². The van der Waals surface area contributed by atoms with Crippen LogP contribution in [0.5, 0.6) is 0 Å². The predicted molar refractivity (Wildman–Crippen MR) is 92.4 cm³/mol. The third kappa shape index (κ3) is 3.11. The van der Waals surface area contributed by atoms with Crippen molar-refractivity contribution in [1.29, 1.82) is 0 Å². The first kappa shape index (κ1) is 17.5. The van der Waals surface area contributed by atoms with Gasteiger partial charge < -0.3 is 15.0 Å². The molecule has 0 aliphatic carbocycles. The van der Waals surface area contributed by atoms with Gasteiger partial charge in [0.25, 0.3) is 0 Å². The van der Waals surface area contributed by atoms with Gasteiger partial charge in [-0.3, -0.25) is 9.89 Å². The van der Waals surface area contributed by atoms with Gasteiger partial charge in [-0.1, -0.05) is 13.8 Å². The van der Waals surface area contributed by atoms with Crippen molar-refractivity contribution in [3.8, 4) is 0 Å². The van der Waals surface area contributed by atoms with Gasteiger partial charge in [0.15, 0.2) is 5.96 Å². The molecule has 22 heavy (non-hydrogen) atoms. The number of morpholine rings is 1. The molecule has 0 bridgehead atoms. The number of hydrogen-bond acceptors (Lipinski definition) is 3. The molecule has 0 spiro atoms. The summed E-state index contributed by atoms with van der Waals surface area (Å²) in [6, 6.07) is 0.972. The summed E-state index contributed by atoms with van der Waals surface area (Å²) < 4.78 is 5.53. The fourth-order valence-electron chi connectivity index (χ4n) is 3.45. The number of nitrogens with zero attached hydrogens (tertiary/aromatic N) is 3. The molecule has 2 aliphatic heterocycles. The molecule has 2 rings (SSSR count). The fraction of sp³-hybridized carbons (Fsp3) is 0.941. The van der Waals surface area contributed by atoms with E-state index in [2.05, 4.69) is 61.7 Å². The molecule has 0 radical (unpaired) electrons. The first-order valence-electron chi connectivity index (χ1n) is 8.52. The molecule has 2 aliphatic rings. The molecule has 0 aromatic carbocycles. The van der Waals surface area contributed by atoms with Crippen molar-refractivity contribution in [2.24, 2.45) is 10.4 Å². The molecular formula is C17H34N4O. The molecule has 2 unspecified atom stereocenters. The van der Waals surface area contributed by atoms with Gasteiger partial charge >= 0.3 is 0 Å². The molecular weight excluding hydrogens is 276 g/mol. The zero-order valence-electron chi connectivity index (χ0n) is 15.4. The van der Waals surface area contributed by atoms with Crippen LogP contribution in [-0.4, -0.2) is 73.3 Å². The van der Waals surface area contributed by atoms with E-state index < -0.39 is 0 Å². The summed E-state index contributed by atoms with van der Waals surface area (Å²) in [7, 11) is 1.88. The number of aliphatic imine (C=N–C) groups is 1. The Hall–Kier alpha value is -0.810. The van der Waals surface area contributed by atoms with Crippen LogP contribution in [0.4, 0.5) is 0 Å². The SMILES string of the molecule is CN=C(NCC(C)N1CCOCC1C)N1CC(C)(C)C1(C)C. The van der Waals surface area contributed by atoms with Crippen molar-refractivity contribution < 1.29 is 4.74 Å². The third-order valence-electron chi connectivity index (χ3n) is 5.89. The van der Waals surface area contributed by atoms with E-state index in [9.17, 15) is 0 Å². The van der Waals surface area contributed by atoms with Crippen LogP contribution in [-0.2, 0) is 4.74 Å². The van der Waals surface area contributed by atoms with E-state index in [1.807, 2.05) is 7.05 Å². The van der Waals surface area contributed by atoms with Crippen LogP contribution < -0.4 is 5.32 Å². The lowest BCUT2D eigenvalue weighted by atomic mass is 9.65. The van der Waals surface area contributed by atoms with E-state index in [0.29, 0.717) is 17.5 Å².